The van der Waals surface area contributed by atoms with Gasteiger partial charge in [0.05, 0.1) is 6.54 Å². The number of benzene rings is 1. The van der Waals surface area contributed by atoms with Crippen LogP contribution in [0.5, 0.6) is 0 Å². The molecule has 1 aliphatic carbocycles. The second-order valence-electron chi connectivity index (χ2n) is 4.98. The number of carbonyl (C=O) groups is 1. The number of aryl methyl sites for hydroxylation is 2. The number of hydrogen-bond donors (Lipinski definition) is 1. The van der Waals surface area contributed by atoms with Gasteiger partial charge in [0.25, 0.3) is 5.56 Å². The SMILES string of the molecule is O=C(O)c1ccc(=O)n(Cc2ccc3c(c2)CCC3)n1. The molecule has 1 aromatic heterocycles. The van der Waals surface area contributed by atoms with Gasteiger partial charge in [0.1, 0.15) is 0 Å². The van der Waals surface area contributed by atoms with Crippen molar-refractivity contribution < 1.29 is 9.90 Å². The molecule has 0 fully saturated rings. The van der Waals surface area contributed by atoms with E-state index in [1.165, 1.54) is 34.4 Å². The summed E-state index contributed by atoms with van der Waals surface area (Å²) in [6, 6.07) is 8.62. The number of rotatable bonds is 3. The summed E-state index contributed by atoms with van der Waals surface area (Å²) in [5.41, 5.74) is 3.25. The summed E-state index contributed by atoms with van der Waals surface area (Å²) < 4.78 is 1.19. The van der Waals surface area contributed by atoms with E-state index in [2.05, 4.69) is 17.2 Å². The molecule has 1 heterocycles. The Bertz CT molecular complexity index is 734. The zero-order chi connectivity index (χ0) is 14.1. The van der Waals surface area contributed by atoms with Crippen molar-refractivity contribution in [2.45, 2.75) is 25.8 Å². The molecule has 0 saturated heterocycles. The monoisotopic (exact) mass is 270 g/mol. The van der Waals surface area contributed by atoms with E-state index >= 15 is 0 Å². The second-order valence-corrected chi connectivity index (χ2v) is 4.98. The van der Waals surface area contributed by atoms with Gasteiger partial charge < -0.3 is 5.11 Å². The lowest BCUT2D eigenvalue weighted by molar-refractivity contribution is 0.0687. The molecule has 1 N–H and O–H groups in total. The summed E-state index contributed by atoms with van der Waals surface area (Å²) in [5, 5.41) is 12.8. The highest BCUT2D eigenvalue weighted by molar-refractivity contribution is 5.84. The molecule has 5 nitrogen and oxygen atoms in total. The fourth-order valence-corrected chi connectivity index (χ4v) is 2.57. The van der Waals surface area contributed by atoms with Crippen LogP contribution in [0.1, 0.15) is 33.6 Å². The maximum Gasteiger partial charge on any atom is 0.356 e. The van der Waals surface area contributed by atoms with Crippen molar-refractivity contribution >= 4 is 5.97 Å². The Hall–Kier alpha value is -2.43. The van der Waals surface area contributed by atoms with Gasteiger partial charge in [0.15, 0.2) is 5.69 Å². The lowest BCUT2D eigenvalue weighted by atomic mass is 10.1. The zero-order valence-electron chi connectivity index (χ0n) is 10.9. The Balaban J connectivity index is 1.93. The largest absolute Gasteiger partial charge is 0.476 e. The summed E-state index contributed by atoms with van der Waals surface area (Å²) in [5.74, 6) is -1.13. The van der Waals surface area contributed by atoms with E-state index in [0.717, 1.165) is 18.4 Å². The Labute approximate surface area is 115 Å². The Morgan fingerprint density at radius 3 is 2.80 bits per heavy atom. The molecule has 0 unspecified atom stereocenters. The van der Waals surface area contributed by atoms with E-state index in [-0.39, 0.29) is 11.3 Å². The number of fused-ring (bicyclic) bond motifs is 1. The summed E-state index contributed by atoms with van der Waals surface area (Å²) in [4.78, 5) is 22.6. The molecule has 0 aliphatic heterocycles. The maximum atomic E-state index is 11.7. The first-order valence-corrected chi connectivity index (χ1v) is 6.55. The molecular weight excluding hydrogens is 256 g/mol. The number of aromatic carboxylic acids is 1. The second kappa shape index (κ2) is 4.92. The average molecular weight is 270 g/mol. The molecule has 0 radical (unpaired) electrons. The van der Waals surface area contributed by atoms with Crippen LogP contribution in [0.15, 0.2) is 35.1 Å². The topological polar surface area (TPSA) is 72.2 Å². The minimum Gasteiger partial charge on any atom is -0.476 e. The minimum absolute atomic E-state index is 0.120. The quantitative estimate of drug-likeness (QED) is 0.917. The molecule has 3 rings (SSSR count). The third-order valence-corrected chi connectivity index (χ3v) is 3.58. The van der Waals surface area contributed by atoms with Crippen LogP contribution in [0.4, 0.5) is 0 Å². The van der Waals surface area contributed by atoms with Crippen LogP contribution in [0.2, 0.25) is 0 Å². The van der Waals surface area contributed by atoms with Crippen LogP contribution in [0, 0.1) is 0 Å². The van der Waals surface area contributed by atoms with Crippen molar-refractivity contribution in [3.63, 3.8) is 0 Å². The fourth-order valence-electron chi connectivity index (χ4n) is 2.57. The fraction of sp³-hybridized carbons (Fsp3) is 0.267. The van der Waals surface area contributed by atoms with Gasteiger partial charge in [-0.15, -0.1) is 0 Å². The summed E-state index contributed by atoms with van der Waals surface area (Å²) >= 11 is 0. The number of aromatic nitrogens is 2. The number of hydrogen-bond acceptors (Lipinski definition) is 3. The summed E-state index contributed by atoms with van der Waals surface area (Å²) in [7, 11) is 0. The third kappa shape index (κ3) is 2.34. The molecule has 20 heavy (non-hydrogen) atoms. The maximum absolute atomic E-state index is 11.7. The molecule has 0 bridgehead atoms. The van der Waals surface area contributed by atoms with Gasteiger partial charge in [-0.2, -0.15) is 5.10 Å². The summed E-state index contributed by atoms with van der Waals surface area (Å²) in [6.07, 6.45) is 3.36. The molecule has 2 aromatic rings. The predicted octanol–water partition coefficient (Wildman–Crippen LogP) is 1.48. The van der Waals surface area contributed by atoms with E-state index < -0.39 is 5.97 Å². The highest BCUT2D eigenvalue weighted by Crippen LogP contribution is 2.22. The van der Waals surface area contributed by atoms with E-state index in [1.807, 2.05) is 6.07 Å². The van der Waals surface area contributed by atoms with Gasteiger partial charge in [-0.1, -0.05) is 18.2 Å². The van der Waals surface area contributed by atoms with Crippen LogP contribution in [-0.4, -0.2) is 20.9 Å². The van der Waals surface area contributed by atoms with E-state index in [0.29, 0.717) is 6.54 Å². The van der Waals surface area contributed by atoms with E-state index in [4.69, 9.17) is 5.11 Å². The van der Waals surface area contributed by atoms with Crippen LogP contribution >= 0.6 is 0 Å². The van der Waals surface area contributed by atoms with Crippen molar-refractivity contribution in [3.05, 3.63) is 63.1 Å². The first kappa shape index (κ1) is 12.6. The highest BCUT2D eigenvalue weighted by Gasteiger charge is 2.12. The van der Waals surface area contributed by atoms with Crippen molar-refractivity contribution in [2.75, 3.05) is 0 Å². The third-order valence-electron chi connectivity index (χ3n) is 3.58. The number of carboxylic acids is 1. The molecule has 0 saturated carbocycles. The number of nitrogens with zero attached hydrogens (tertiary/aromatic N) is 2. The summed E-state index contributed by atoms with van der Waals surface area (Å²) in [6.45, 7) is 0.299. The molecule has 0 amide bonds. The first-order valence-electron chi connectivity index (χ1n) is 6.55. The predicted molar refractivity (Wildman–Crippen MR) is 73.0 cm³/mol. The Kier molecular flexibility index (Phi) is 3.10. The Morgan fingerprint density at radius 1 is 1.20 bits per heavy atom. The van der Waals surface area contributed by atoms with Crippen molar-refractivity contribution in [1.82, 2.24) is 9.78 Å². The average Bonchev–Trinajstić information content (AvgIpc) is 2.88. The van der Waals surface area contributed by atoms with Crippen LogP contribution in [0.25, 0.3) is 0 Å². The standard InChI is InChI=1S/C15H14N2O3/c18-14-7-6-13(15(19)20)16-17(14)9-10-4-5-11-2-1-3-12(11)8-10/h4-8H,1-3,9H2,(H,19,20). The minimum atomic E-state index is -1.13. The van der Waals surface area contributed by atoms with Crippen LogP contribution < -0.4 is 5.56 Å². The molecule has 102 valence electrons. The van der Waals surface area contributed by atoms with Crippen molar-refractivity contribution in [1.29, 1.82) is 0 Å². The molecule has 1 aromatic carbocycles. The first-order chi connectivity index (χ1) is 9.63. The van der Waals surface area contributed by atoms with Gasteiger partial charge in [-0.05, 0) is 42.0 Å². The van der Waals surface area contributed by atoms with Gasteiger partial charge in [-0.3, -0.25) is 4.79 Å². The zero-order valence-corrected chi connectivity index (χ0v) is 10.9. The number of carboxylic acid groups (broad SMARTS) is 1. The molecular formula is C15H14N2O3. The van der Waals surface area contributed by atoms with Gasteiger partial charge in [0, 0.05) is 6.07 Å². The van der Waals surface area contributed by atoms with Crippen LogP contribution in [-0.2, 0) is 19.4 Å². The van der Waals surface area contributed by atoms with Gasteiger partial charge in [-0.25, -0.2) is 9.48 Å². The molecule has 0 atom stereocenters. The normalized spacial score (nSPS) is 13.2. The molecule has 0 spiro atoms. The van der Waals surface area contributed by atoms with Crippen LogP contribution in [0.3, 0.4) is 0 Å². The lowest BCUT2D eigenvalue weighted by Gasteiger charge is -2.07. The van der Waals surface area contributed by atoms with Crippen molar-refractivity contribution in [3.8, 4) is 0 Å². The van der Waals surface area contributed by atoms with Gasteiger partial charge in [0.2, 0.25) is 0 Å². The van der Waals surface area contributed by atoms with E-state index in [9.17, 15) is 9.59 Å². The highest BCUT2D eigenvalue weighted by atomic mass is 16.4. The smallest absolute Gasteiger partial charge is 0.356 e. The Morgan fingerprint density at radius 2 is 2.00 bits per heavy atom. The van der Waals surface area contributed by atoms with E-state index in [1.54, 1.807) is 0 Å². The van der Waals surface area contributed by atoms with Crippen molar-refractivity contribution in [2.24, 2.45) is 0 Å². The van der Waals surface area contributed by atoms with Gasteiger partial charge >= 0.3 is 5.97 Å². The lowest BCUT2D eigenvalue weighted by Crippen LogP contribution is -2.24. The molecule has 5 heteroatoms. The molecule has 1 aliphatic rings.